The first-order valence-corrected chi connectivity index (χ1v) is 9.24. The number of hydrogen-bond donors (Lipinski definition) is 2. The molecule has 2 aliphatic heterocycles. The van der Waals surface area contributed by atoms with Crippen molar-refractivity contribution in [1.82, 2.24) is 15.5 Å². The standard InChI is InChI=1S/C19H30N4O2.HI/c1-5-20-19(22-16-11-23(13(2)3)10-14(16)4)21-9-15-7-6-8-17-18(15)25-12-24-17;/h6-8,13-14,16H,5,9-12H2,1-4H3,(H2,20,21,22);1H. The van der Waals surface area contributed by atoms with Crippen LogP contribution in [0.5, 0.6) is 11.5 Å². The van der Waals surface area contributed by atoms with Crippen LogP contribution in [0.25, 0.3) is 0 Å². The Labute approximate surface area is 173 Å². The molecule has 1 aromatic carbocycles. The van der Waals surface area contributed by atoms with Gasteiger partial charge in [-0.05, 0) is 32.8 Å². The molecule has 0 spiro atoms. The molecule has 0 aliphatic carbocycles. The predicted octanol–water partition coefficient (Wildman–Crippen LogP) is 2.82. The number of benzene rings is 1. The lowest BCUT2D eigenvalue weighted by molar-refractivity contribution is 0.173. The number of fused-ring (bicyclic) bond motifs is 1. The van der Waals surface area contributed by atoms with Crippen LogP contribution < -0.4 is 20.1 Å². The summed E-state index contributed by atoms with van der Waals surface area (Å²) >= 11 is 0. The van der Waals surface area contributed by atoms with E-state index in [0.717, 1.165) is 42.7 Å². The second-order valence-corrected chi connectivity index (χ2v) is 7.12. The summed E-state index contributed by atoms with van der Waals surface area (Å²) in [6.07, 6.45) is 0. The van der Waals surface area contributed by atoms with E-state index in [4.69, 9.17) is 14.5 Å². The minimum atomic E-state index is 0. The highest BCUT2D eigenvalue weighted by atomic mass is 127. The molecule has 6 nitrogen and oxygen atoms in total. The van der Waals surface area contributed by atoms with Gasteiger partial charge in [-0.25, -0.2) is 4.99 Å². The molecule has 2 heterocycles. The van der Waals surface area contributed by atoms with E-state index in [2.05, 4.69) is 43.2 Å². The van der Waals surface area contributed by atoms with Crippen LogP contribution in [0.2, 0.25) is 0 Å². The maximum Gasteiger partial charge on any atom is 0.231 e. The van der Waals surface area contributed by atoms with Gasteiger partial charge in [0.2, 0.25) is 6.79 Å². The SMILES string of the molecule is CCNC(=NCc1cccc2c1OCO2)NC1CN(C(C)C)CC1C.I. The molecular weight excluding hydrogens is 443 g/mol. The summed E-state index contributed by atoms with van der Waals surface area (Å²) in [6, 6.07) is 6.95. The quantitative estimate of drug-likeness (QED) is 0.391. The molecule has 3 rings (SSSR count). The van der Waals surface area contributed by atoms with Crippen LogP contribution in [0, 0.1) is 5.92 Å². The van der Waals surface area contributed by atoms with E-state index < -0.39 is 0 Å². The van der Waals surface area contributed by atoms with Gasteiger partial charge in [0.25, 0.3) is 0 Å². The third kappa shape index (κ3) is 4.94. The molecule has 0 aromatic heterocycles. The van der Waals surface area contributed by atoms with E-state index in [1.165, 1.54) is 0 Å². The number of para-hydroxylation sites is 1. The van der Waals surface area contributed by atoms with Crippen molar-refractivity contribution in [3.63, 3.8) is 0 Å². The van der Waals surface area contributed by atoms with Crippen molar-refractivity contribution in [2.45, 2.75) is 46.3 Å². The Morgan fingerprint density at radius 3 is 2.81 bits per heavy atom. The summed E-state index contributed by atoms with van der Waals surface area (Å²) < 4.78 is 11.0. The van der Waals surface area contributed by atoms with Gasteiger partial charge in [0.05, 0.1) is 6.54 Å². The van der Waals surface area contributed by atoms with Crippen molar-refractivity contribution in [2.75, 3.05) is 26.4 Å². The lowest BCUT2D eigenvalue weighted by Crippen LogP contribution is -2.46. The van der Waals surface area contributed by atoms with Crippen molar-refractivity contribution in [3.8, 4) is 11.5 Å². The smallest absolute Gasteiger partial charge is 0.231 e. The highest BCUT2D eigenvalue weighted by Crippen LogP contribution is 2.35. The first-order chi connectivity index (χ1) is 12.1. The second-order valence-electron chi connectivity index (χ2n) is 7.12. The molecule has 0 saturated carbocycles. The number of aliphatic imine (C=N–C) groups is 1. The molecule has 1 fully saturated rings. The second kappa shape index (κ2) is 9.64. The third-order valence-electron chi connectivity index (χ3n) is 4.92. The highest BCUT2D eigenvalue weighted by molar-refractivity contribution is 14.0. The summed E-state index contributed by atoms with van der Waals surface area (Å²) in [5.41, 5.74) is 1.05. The van der Waals surface area contributed by atoms with E-state index in [1.807, 2.05) is 18.2 Å². The average Bonchev–Trinajstić information content (AvgIpc) is 3.20. The molecule has 146 valence electrons. The van der Waals surface area contributed by atoms with Crippen LogP contribution in [-0.4, -0.2) is 49.4 Å². The number of ether oxygens (including phenoxy) is 2. The Balaban J connectivity index is 0.00000243. The number of halogens is 1. The van der Waals surface area contributed by atoms with Gasteiger partial charge in [-0.3, -0.25) is 4.90 Å². The van der Waals surface area contributed by atoms with Crippen LogP contribution in [0.15, 0.2) is 23.2 Å². The monoisotopic (exact) mass is 474 g/mol. The topological polar surface area (TPSA) is 58.1 Å². The van der Waals surface area contributed by atoms with Crippen molar-refractivity contribution >= 4 is 29.9 Å². The minimum absolute atomic E-state index is 0. The molecule has 1 saturated heterocycles. The van der Waals surface area contributed by atoms with Crippen molar-refractivity contribution in [3.05, 3.63) is 23.8 Å². The van der Waals surface area contributed by atoms with E-state index in [-0.39, 0.29) is 24.0 Å². The molecule has 2 N–H and O–H groups in total. The number of guanidine groups is 1. The van der Waals surface area contributed by atoms with Crippen molar-refractivity contribution in [1.29, 1.82) is 0 Å². The Kier molecular flexibility index (Phi) is 7.82. The van der Waals surface area contributed by atoms with Gasteiger partial charge >= 0.3 is 0 Å². The zero-order chi connectivity index (χ0) is 17.8. The van der Waals surface area contributed by atoms with Crippen molar-refractivity contribution in [2.24, 2.45) is 10.9 Å². The summed E-state index contributed by atoms with van der Waals surface area (Å²) in [7, 11) is 0. The Morgan fingerprint density at radius 1 is 1.31 bits per heavy atom. The van der Waals surface area contributed by atoms with Gasteiger partial charge in [0.15, 0.2) is 17.5 Å². The van der Waals surface area contributed by atoms with Crippen LogP contribution in [0.4, 0.5) is 0 Å². The number of nitrogens with one attached hydrogen (secondary N) is 2. The first kappa shape index (κ1) is 21.1. The lowest BCUT2D eigenvalue weighted by atomic mass is 10.1. The molecular formula is C19H31IN4O2. The maximum absolute atomic E-state index is 5.57. The summed E-state index contributed by atoms with van der Waals surface area (Å²) in [5, 5.41) is 6.98. The van der Waals surface area contributed by atoms with Crippen molar-refractivity contribution < 1.29 is 9.47 Å². The fourth-order valence-electron chi connectivity index (χ4n) is 3.39. The molecule has 2 unspecified atom stereocenters. The van der Waals surface area contributed by atoms with Gasteiger partial charge in [-0.1, -0.05) is 19.1 Å². The summed E-state index contributed by atoms with van der Waals surface area (Å²) in [5.74, 6) is 3.09. The maximum atomic E-state index is 5.57. The van der Waals surface area contributed by atoms with Crippen LogP contribution in [0.1, 0.15) is 33.3 Å². The Hall–Kier alpha value is -1.22. The fourth-order valence-corrected chi connectivity index (χ4v) is 3.39. The number of nitrogens with zero attached hydrogens (tertiary/aromatic N) is 2. The first-order valence-electron chi connectivity index (χ1n) is 9.24. The van der Waals surface area contributed by atoms with Gasteiger partial charge < -0.3 is 20.1 Å². The molecule has 0 amide bonds. The van der Waals surface area contributed by atoms with Gasteiger partial charge in [0.1, 0.15) is 0 Å². The Morgan fingerprint density at radius 2 is 2.12 bits per heavy atom. The van der Waals surface area contributed by atoms with Gasteiger partial charge in [0, 0.05) is 37.3 Å². The highest BCUT2D eigenvalue weighted by Gasteiger charge is 2.31. The zero-order valence-electron chi connectivity index (χ0n) is 16.1. The number of rotatable bonds is 5. The Bertz CT molecular complexity index is 624. The molecule has 2 aliphatic rings. The summed E-state index contributed by atoms with van der Waals surface area (Å²) in [6.45, 7) is 12.8. The van der Waals surface area contributed by atoms with Crippen LogP contribution >= 0.6 is 24.0 Å². The molecule has 0 bridgehead atoms. The molecule has 26 heavy (non-hydrogen) atoms. The van der Waals surface area contributed by atoms with E-state index in [0.29, 0.717) is 31.3 Å². The third-order valence-corrected chi connectivity index (χ3v) is 4.92. The van der Waals surface area contributed by atoms with Crippen LogP contribution in [-0.2, 0) is 6.54 Å². The van der Waals surface area contributed by atoms with Gasteiger partial charge in [-0.2, -0.15) is 0 Å². The average molecular weight is 474 g/mol. The van der Waals surface area contributed by atoms with Crippen LogP contribution in [0.3, 0.4) is 0 Å². The minimum Gasteiger partial charge on any atom is -0.454 e. The lowest BCUT2D eigenvalue weighted by Gasteiger charge is -2.22. The predicted molar refractivity (Wildman–Crippen MR) is 116 cm³/mol. The normalized spacial score (nSPS) is 22.4. The zero-order valence-corrected chi connectivity index (χ0v) is 18.4. The summed E-state index contributed by atoms with van der Waals surface area (Å²) in [4.78, 5) is 7.28. The number of hydrogen-bond acceptors (Lipinski definition) is 4. The molecule has 0 radical (unpaired) electrons. The van der Waals surface area contributed by atoms with Gasteiger partial charge in [-0.15, -0.1) is 24.0 Å². The fraction of sp³-hybridized carbons (Fsp3) is 0.632. The van der Waals surface area contributed by atoms with E-state index in [9.17, 15) is 0 Å². The van der Waals surface area contributed by atoms with E-state index in [1.54, 1.807) is 0 Å². The molecule has 2 atom stereocenters. The molecule has 7 heteroatoms. The number of likely N-dealkylation sites (tertiary alicyclic amines) is 1. The largest absolute Gasteiger partial charge is 0.454 e. The molecule has 1 aromatic rings. The van der Waals surface area contributed by atoms with E-state index >= 15 is 0 Å².